The largest absolute Gasteiger partial charge is 0.381 e. The van der Waals surface area contributed by atoms with Crippen molar-refractivity contribution >= 4 is 0 Å². The van der Waals surface area contributed by atoms with Crippen LogP contribution in [0.25, 0.3) is 0 Å². The number of hydrogen-bond donors (Lipinski definition) is 1. The third-order valence-electron chi connectivity index (χ3n) is 1.40. The van der Waals surface area contributed by atoms with E-state index in [2.05, 4.69) is 32.2 Å². The number of nitrogens with one attached hydrogen (secondary N) is 1. The minimum atomic E-state index is 0.231. The van der Waals surface area contributed by atoms with E-state index in [4.69, 9.17) is 4.74 Å². The second kappa shape index (κ2) is 6.21. The maximum atomic E-state index is 4.88. The molecule has 0 aromatic heterocycles. The van der Waals surface area contributed by atoms with Crippen molar-refractivity contribution in [2.75, 3.05) is 20.3 Å². The van der Waals surface area contributed by atoms with Crippen molar-refractivity contribution in [2.45, 2.75) is 32.7 Å². The molecule has 2 heteroatoms. The average molecular weight is 171 g/mol. The molecule has 0 saturated heterocycles. The first-order chi connectivity index (χ1) is 5.56. The van der Waals surface area contributed by atoms with Crippen LogP contribution in [-0.2, 0) is 4.74 Å². The first kappa shape index (κ1) is 11.7. The van der Waals surface area contributed by atoms with Gasteiger partial charge in [-0.15, -0.1) is 0 Å². The Kier molecular flexibility index (Phi) is 6.03. The molecule has 0 unspecified atom stereocenters. The molecule has 0 atom stereocenters. The molecule has 0 aromatic carbocycles. The summed E-state index contributed by atoms with van der Waals surface area (Å²) in [6, 6.07) is 0. The fraction of sp³-hybridized carbons (Fsp3) is 0.800. The highest BCUT2D eigenvalue weighted by Gasteiger charge is 2.05. The Balaban J connectivity index is 3.21. The van der Waals surface area contributed by atoms with E-state index in [0.717, 1.165) is 19.6 Å². The third-order valence-corrected chi connectivity index (χ3v) is 1.40. The van der Waals surface area contributed by atoms with Crippen molar-refractivity contribution in [3.8, 4) is 0 Å². The standard InChI is InChI=1S/C10H21NO/c1-10(2,3)11-8-6-5-7-9-12-4/h5,7,11H,6,8-9H2,1-4H3. The fourth-order valence-corrected chi connectivity index (χ4v) is 0.813. The summed E-state index contributed by atoms with van der Waals surface area (Å²) >= 11 is 0. The summed E-state index contributed by atoms with van der Waals surface area (Å²) in [6.45, 7) is 8.27. The molecule has 0 aliphatic carbocycles. The second-order valence-electron chi connectivity index (χ2n) is 3.89. The van der Waals surface area contributed by atoms with Crippen LogP contribution in [0.4, 0.5) is 0 Å². The predicted molar refractivity (Wildman–Crippen MR) is 53.4 cm³/mol. The van der Waals surface area contributed by atoms with Crippen LogP contribution in [0.3, 0.4) is 0 Å². The number of ether oxygens (including phenoxy) is 1. The summed E-state index contributed by atoms with van der Waals surface area (Å²) in [5, 5.41) is 3.41. The van der Waals surface area contributed by atoms with Gasteiger partial charge >= 0.3 is 0 Å². The lowest BCUT2D eigenvalue weighted by atomic mass is 10.1. The number of hydrogen-bond acceptors (Lipinski definition) is 2. The van der Waals surface area contributed by atoms with Crippen LogP contribution in [-0.4, -0.2) is 25.8 Å². The zero-order valence-electron chi connectivity index (χ0n) is 8.68. The van der Waals surface area contributed by atoms with E-state index in [1.807, 2.05) is 6.08 Å². The van der Waals surface area contributed by atoms with E-state index < -0.39 is 0 Å². The van der Waals surface area contributed by atoms with Crippen LogP contribution in [0.2, 0.25) is 0 Å². The van der Waals surface area contributed by atoms with E-state index >= 15 is 0 Å². The lowest BCUT2D eigenvalue weighted by Crippen LogP contribution is -2.36. The molecule has 0 spiro atoms. The molecule has 0 rings (SSSR count). The molecule has 72 valence electrons. The van der Waals surface area contributed by atoms with E-state index in [-0.39, 0.29) is 5.54 Å². The molecule has 0 aliphatic heterocycles. The quantitative estimate of drug-likeness (QED) is 0.504. The zero-order chi connectivity index (χ0) is 9.45. The molecule has 0 bridgehead atoms. The fourth-order valence-electron chi connectivity index (χ4n) is 0.813. The van der Waals surface area contributed by atoms with Gasteiger partial charge in [-0.25, -0.2) is 0 Å². The van der Waals surface area contributed by atoms with Gasteiger partial charge in [-0.3, -0.25) is 0 Å². The SMILES string of the molecule is COCC=CCCNC(C)(C)C. The monoisotopic (exact) mass is 171 g/mol. The minimum absolute atomic E-state index is 0.231. The Bertz CT molecular complexity index is 124. The molecule has 0 heterocycles. The first-order valence-electron chi connectivity index (χ1n) is 4.45. The summed E-state index contributed by atoms with van der Waals surface area (Å²) < 4.78 is 4.88. The van der Waals surface area contributed by atoms with E-state index in [9.17, 15) is 0 Å². The van der Waals surface area contributed by atoms with Gasteiger partial charge in [0, 0.05) is 12.6 Å². The Morgan fingerprint density at radius 3 is 2.42 bits per heavy atom. The molecule has 0 aromatic rings. The van der Waals surface area contributed by atoms with Crippen molar-refractivity contribution in [2.24, 2.45) is 0 Å². The first-order valence-corrected chi connectivity index (χ1v) is 4.45. The predicted octanol–water partition coefficient (Wildman–Crippen LogP) is 1.97. The normalized spacial score (nSPS) is 12.7. The molecule has 2 nitrogen and oxygen atoms in total. The molecular formula is C10H21NO. The highest BCUT2D eigenvalue weighted by Crippen LogP contribution is 1.97. The smallest absolute Gasteiger partial charge is 0.0643 e. The van der Waals surface area contributed by atoms with Crippen LogP contribution in [0.15, 0.2) is 12.2 Å². The van der Waals surface area contributed by atoms with Crippen LogP contribution >= 0.6 is 0 Å². The van der Waals surface area contributed by atoms with Gasteiger partial charge in [0.1, 0.15) is 0 Å². The maximum absolute atomic E-state index is 4.88. The number of rotatable bonds is 5. The number of methoxy groups -OCH3 is 1. The van der Waals surface area contributed by atoms with Gasteiger partial charge in [0.2, 0.25) is 0 Å². The molecule has 0 radical (unpaired) electrons. The zero-order valence-corrected chi connectivity index (χ0v) is 8.68. The Labute approximate surface area is 76.0 Å². The van der Waals surface area contributed by atoms with Crippen LogP contribution < -0.4 is 5.32 Å². The molecule has 12 heavy (non-hydrogen) atoms. The Morgan fingerprint density at radius 2 is 1.92 bits per heavy atom. The van der Waals surface area contributed by atoms with Crippen LogP contribution in [0.1, 0.15) is 27.2 Å². The second-order valence-corrected chi connectivity index (χ2v) is 3.89. The van der Waals surface area contributed by atoms with Gasteiger partial charge in [0.15, 0.2) is 0 Å². The van der Waals surface area contributed by atoms with E-state index in [1.54, 1.807) is 7.11 Å². The van der Waals surface area contributed by atoms with E-state index in [0.29, 0.717) is 0 Å². The van der Waals surface area contributed by atoms with Gasteiger partial charge < -0.3 is 10.1 Å². The highest BCUT2D eigenvalue weighted by atomic mass is 16.5. The van der Waals surface area contributed by atoms with Crippen molar-refractivity contribution in [1.29, 1.82) is 0 Å². The summed E-state index contributed by atoms with van der Waals surface area (Å²) in [6.07, 6.45) is 5.26. The third kappa shape index (κ3) is 9.66. The van der Waals surface area contributed by atoms with Crippen molar-refractivity contribution < 1.29 is 4.74 Å². The van der Waals surface area contributed by atoms with Gasteiger partial charge in [0.25, 0.3) is 0 Å². The Morgan fingerprint density at radius 1 is 1.25 bits per heavy atom. The van der Waals surface area contributed by atoms with Crippen LogP contribution in [0.5, 0.6) is 0 Å². The molecule has 0 aliphatic rings. The summed E-state index contributed by atoms with van der Waals surface area (Å²) in [5.74, 6) is 0. The summed E-state index contributed by atoms with van der Waals surface area (Å²) in [7, 11) is 1.71. The van der Waals surface area contributed by atoms with Crippen LogP contribution in [0, 0.1) is 0 Å². The van der Waals surface area contributed by atoms with Gasteiger partial charge in [-0.2, -0.15) is 0 Å². The average Bonchev–Trinajstić information content (AvgIpc) is 1.94. The lowest BCUT2D eigenvalue weighted by Gasteiger charge is -2.19. The van der Waals surface area contributed by atoms with Crippen molar-refractivity contribution in [1.82, 2.24) is 5.32 Å². The molecular weight excluding hydrogens is 150 g/mol. The highest BCUT2D eigenvalue weighted by molar-refractivity contribution is 4.83. The van der Waals surface area contributed by atoms with Gasteiger partial charge in [-0.05, 0) is 33.7 Å². The maximum Gasteiger partial charge on any atom is 0.0643 e. The summed E-state index contributed by atoms with van der Waals surface area (Å²) in [4.78, 5) is 0. The Hall–Kier alpha value is -0.340. The van der Waals surface area contributed by atoms with Gasteiger partial charge in [0.05, 0.1) is 6.61 Å². The summed E-state index contributed by atoms with van der Waals surface area (Å²) in [5.41, 5.74) is 0.231. The molecule has 0 saturated carbocycles. The topological polar surface area (TPSA) is 21.3 Å². The minimum Gasteiger partial charge on any atom is -0.381 e. The molecule has 0 amide bonds. The van der Waals surface area contributed by atoms with E-state index in [1.165, 1.54) is 0 Å². The molecule has 0 fully saturated rings. The molecule has 1 N–H and O–H groups in total. The van der Waals surface area contributed by atoms with Crippen molar-refractivity contribution in [3.05, 3.63) is 12.2 Å². The van der Waals surface area contributed by atoms with Crippen molar-refractivity contribution in [3.63, 3.8) is 0 Å². The lowest BCUT2D eigenvalue weighted by molar-refractivity contribution is 0.233. The van der Waals surface area contributed by atoms with Gasteiger partial charge in [-0.1, -0.05) is 12.2 Å².